The van der Waals surface area contributed by atoms with Gasteiger partial charge < -0.3 is 4.74 Å². The molecule has 4 nitrogen and oxygen atoms in total. The van der Waals surface area contributed by atoms with E-state index in [0.29, 0.717) is 11.3 Å². The van der Waals surface area contributed by atoms with Gasteiger partial charge in [-0.05, 0) is 52.9 Å². The average molecular weight is 330 g/mol. The molecule has 0 aromatic heterocycles. The summed E-state index contributed by atoms with van der Waals surface area (Å²) in [5.41, 5.74) is 6.89. The number of carbonyl (C=O) groups is 1. The van der Waals surface area contributed by atoms with Crippen LogP contribution in [0.5, 0.6) is 5.75 Å². The van der Waals surface area contributed by atoms with Crippen molar-refractivity contribution in [2.45, 2.75) is 12.8 Å². The summed E-state index contributed by atoms with van der Waals surface area (Å²) in [4.78, 5) is 12.2. The maximum absolute atomic E-state index is 12.2. The van der Waals surface area contributed by atoms with Crippen molar-refractivity contribution in [2.24, 2.45) is 5.10 Å². The number of hydrogen-bond acceptors (Lipinski definition) is 3. The molecule has 0 heterocycles. The second kappa shape index (κ2) is 6.40. The molecule has 0 aliphatic heterocycles. The van der Waals surface area contributed by atoms with Crippen LogP contribution in [0.2, 0.25) is 0 Å². The molecular formula is C21H18N2O2. The van der Waals surface area contributed by atoms with Crippen LogP contribution >= 0.6 is 0 Å². The van der Waals surface area contributed by atoms with Crippen molar-refractivity contribution in [3.8, 4) is 5.75 Å². The van der Waals surface area contributed by atoms with E-state index >= 15 is 0 Å². The number of amides is 1. The number of ether oxygens (including phenoxy) is 1. The van der Waals surface area contributed by atoms with E-state index in [-0.39, 0.29) is 5.91 Å². The number of carbonyl (C=O) groups excluding carboxylic acids is 1. The van der Waals surface area contributed by atoms with E-state index in [4.69, 9.17) is 4.74 Å². The lowest BCUT2D eigenvalue weighted by Crippen LogP contribution is -2.17. The Morgan fingerprint density at radius 2 is 1.88 bits per heavy atom. The maximum Gasteiger partial charge on any atom is 0.271 e. The normalized spacial score (nSPS) is 12.7. The van der Waals surface area contributed by atoms with Crippen LogP contribution in [0.1, 0.15) is 27.0 Å². The summed E-state index contributed by atoms with van der Waals surface area (Å²) in [6, 6.07) is 17.6. The number of hydrazone groups is 1. The summed E-state index contributed by atoms with van der Waals surface area (Å²) in [5.74, 6) is 0.380. The molecule has 124 valence electrons. The van der Waals surface area contributed by atoms with Gasteiger partial charge in [0.15, 0.2) is 0 Å². The summed E-state index contributed by atoms with van der Waals surface area (Å²) in [5, 5.41) is 6.66. The molecule has 0 unspecified atom stereocenters. The molecule has 0 spiro atoms. The zero-order valence-corrected chi connectivity index (χ0v) is 14.0. The highest BCUT2D eigenvalue weighted by molar-refractivity contribution is 6.03. The molecule has 3 aromatic carbocycles. The van der Waals surface area contributed by atoms with E-state index in [1.54, 1.807) is 37.6 Å². The first kappa shape index (κ1) is 15.4. The molecule has 0 bridgehead atoms. The van der Waals surface area contributed by atoms with Gasteiger partial charge in [0.25, 0.3) is 5.91 Å². The number of hydrogen-bond donors (Lipinski definition) is 1. The number of aryl methyl sites for hydroxylation is 2. The SMILES string of the molecule is COc1cccc(C(=O)N/N=C\c2ccc3c4c(cccc24)CC3)c1. The lowest BCUT2D eigenvalue weighted by Gasteiger charge is -2.06. The molecule has 0 atom stereocenters. The molecule has 3 aromatic rings. The van der Waals surface area contributed by atoms with Crippen LogP contribution in [0.25, 0.3) is 10.8 Å². The number of methoxy groups -OCH3 is 1. The van der Waals surface area contributed by atoms with Crippen molar-refractivity contribution in [1.29, 1.82) is 0 Å². The monoisotopic (exact) mass is 330 g/mol. The number of rotatable bonds is 4. The molecule has 0 saturated heterocycles. The maximum atomic E-state index is 12.2. The average Bonchev–Trinajstić information content (AvgIpc) is 3.08. The largest absolute Gasteiger partial charge is 0.497 e. The summed E-state index contributed by atoms with van der Waals surface area (Å²) >= 11 is 0. The third-order valence-electron chi connectivity index (χ3n) is 4.61. The highest BCUT2D eigenvalue weighted by atomic mass is 16.5. The number of nitrogens with zero attached hydrogens (tertiary/aromatic N) is 1. The van der Waals surface area contributed by atoms with E-state index in [1.165, 1.54) is 21.9 Å². The van der Waals surface area contributed by atoms with E-state index in [2.05, 4.69) is 40.9 Å². The van der Waals surface area contributed by atoms with Crippen molar-refractivity contribution in [1.82, 2.24) is 5.43 Å². The van der Waals surface area contributed by atoms with Gasteiger partial charge in [-0.25, -0.2) is 5.43 Å². The Labute approximate surface area is 146 Å². The van der Waals surface area contributed by atoms with Gasteiger partial charge in [0, 0.05) is 11.1 Å². The quantitative estimate of drug-likeness (QED) is 0.585. The lowest BCUT2D eigenvalue weighted by atomic mass is 10.0. The Kier molecular flexibility index (Phi) is 3.94. The molecule has 0 saturated carbocycles. The molecule has 1 amide bonds. The number of nitrogens with one attached hydrogen (secondary N) is 1. The van der Waals surface area contributed by atoms with Crippen molar-refractivity contribution in [3.05, 3.63) is 76.9 Å². The second-order valence-electron chi connectivity index (χ2n) is 6.08. The fourth-order valence-electron chi connectivity index (χ4n) is 3.37. The van der Waals surface area contributed by atoms with Crippen LogP contribution in [0.15, 0.2) is 59.7 Å². The first-order valence-corrected chi connectivity index (χ1v) is 8.27. The molecule has 25 heavy (non-hydrogen) atoms. The third kappa shape index (κ3) is 2.87. The molecule has 1 aliphatic carbocycles. The zero-order chi connectivity index (χ0) is 17.2. The molecule has 4 heteroatoms. The van der Waals surface area contributed by atoms with Crippen LogP contribution in [-0.4, -0.2) is 19.2 Å². The lowest BCUT2D eigenvalue weighted by molar-refractivity contribution is 0.0955. The van der Waals surface area contributed by atoms with E-state index in [9.17, 15) is 4.79 Å². The molecule has 1 N–H and O–H groups in total. The summed E-state index contributed by atoms with van der Waals surface area (Å²) in [7, 11) is 1.57. The summed E-state index contributed by atoms with van der Waals surface area (Å²) in [6.45, 7) is 0. The smallest absolute Gasteiger partial charge is 0.271 e. The van der Waals surface area contributed by atoms with Gasteiger partial charge in [-0.2, -0.15) is 5.10 Å². The summed E-state index contributed by atoms with van der Waals surface area (Å²) in [6.07, 6.45) is 3.90. The Morgan fingerprint density at radius 1 is 1.08 bits per heavy atom. The Hall–Kier alpha value is -3.14. The third-order valence-corrected chi connectivity index (χ3v) is 4.61. The molecule has 4 rings (SSSR count). The van der Waals surface area contributed by atoms with E-state index < -0.39 is 0 Å². The van der Waals surface area contributed by atoms with Crippen LogP contribution in [0.3, 0.4) is 0 Å². The van der Waals surface area contributed by atoms with Gasteiger partial charge in [0.05, 0.1) is 13.3 Å². The van der Waals surface area contributed by atoms with Gasteiger partial charge in [0.1, 0.15) is 5.75 Å². The highest BCUT2D eigenvalue weighted by Gasteiger charge is 2.15. The minimum Gasteiger partial charge on any atom is -0.497 e. The van der Waals surface area contributed by atoms with Gasteiger partial charge >= 0.3 is 0 Å². The fraction of sp³-hybridized carbons (Fsp3) is 0.143. The molecule has 1 aliphatic rings. The van der Waals surface area contributed by atoms with Crippen molar-refractivity contribution in [3.63, 3.8) is 0 Å². The Balaban J connectivity index is 1.57. The van der Waals surface area contributed by atoms with Crippen LogP contribution in [0, 0.1) is 0 Å². The van der Waals surface area contributed by atoms with Crippen molar-refractivity contribution in [2.75, 3.05) is 7.11 Å². The standard InChI is InChI=1S/C21H18N2O2/c1-25-18-6-2-5-16(12-18)21(24)23-22-13-17-11-10-15-9-8-14-4-3-7-19(17)20(14)15/h2-7,10-13H,8-9H2,1H3,(H,23,24)/b22-13-. The first-order chi connectivity index (χ1) is 12.3. The van der Waals surface area contributed by atoms with Crippen molar-refractivity contribution >= 4 is 22.9 Å². The fourth-order valence-corrected chi connectivity index (χ4v) is 3.37. The molecule has 0 radical (unpaired) electrons. The minimum atomic E-state index is -0.263. The van der Waals surface area contributed by atoms with Gasteiger partial charge in [-0.15, -0.1) is 0 Å². The first-order valence-electron chi connectivity index (χ1n) is 8.27. The van der Waals surface area contributed by atoms with Crippen LogP contribution in [0.4, 0.5) is 0 Å². The van der Waals surface area contributed by atoms with Gasteiger partial charge in [0.2, 0.25) is 0 Å². The van der Waals surface area contributed by atoms with E-state index in [0.717, 1.165) is 18.4 Å². The second-order valence-corrected chi connectivity index (χ2v) is 6.08. The Bertz CT molecular complexity index is 982. The molecular weight excluding hydrogens is 312 g/mol. The highest BCUT2D eigenvalue weighted by Crippen LogP contribution is 2.32. The van der Waals surface area contributed by atoms with Gasteiger partial charge in [-0.1, -0.05) is 36.4 Å². The topological polar surface area (TPSA) is 50.7 Å². The van der Waals surface area contributed by atoms with E-state index in [1.807, 2.05) is 0 Å². The zero-order valence-electron chi connectivity index (χ0n) is 14.0. The van der Waals surface area contributed by atoms with Crippen LogP contribution < -0.4 is 10.2 Å². The number of benzene rings is 3. The minimum absolute atomic E-state index is 0.263. The summed E-state index contributed by atoms with van der Waals surface area (Å²) < 4.78 is 5.14. The predicted molar refractivity (Wildman–Crippen MR) is 99.4 cm³/mol. The van der Waals surface area contributed by atoms with Crippen molar-refractivity contribution < 1.29 is 9.53 Å². The predicted octanol–water partition coefficient (Wildman–Crippen LogP) is 3.71. The van der Waals surface area contributed by atoms with Gasteiger partial charge in [-0.3, -0.25) is 4.79 Å². The van der Waals surface area contributed by atoms with Crippen LogP contribution in [-0.2, 0) is 12.8 Å². The Morgan fingerprint density at radius 3 is 2.72 bits per heavy atom. The molecule has 0 fully saturated rings.